The maximum Gasteiger partial charge on any atom is 0.322 e. The van der Waals surface area contributed by atoms with Crippen LogP contribution in [0.4, 0.5) is 0 Å². The first-order chi connectivity index (χ1) is 9.11. The highest BCUT2D eigenvalue weighted by Crippen LogP contribution is 2.27. The van der Waals surface area contributed by atoms with Crippen molar-refractivity contribution in [3.63, 3.8) is 0 Å². The highest BCUT2D eigenvalue weighted by Gasteiger charge is 2.33. The van der Waals surface area contributed by atoms with E-state index in [2.05, 4.69) is 4.72 Å². The van der Waals surface area contributed by atoms with Gasteiger partial charge in [0, 0.05) is 0 Å². The first kappa shape index (κ1) is 17.4. The highest BCUT2D eigenvalue weighted by atomic mass is 32.2. The Hall–Kier alpha value is -0.620. The number of hydrogen-bond acceptors (Lipinski definition) is 3. The zero-order valence-corrected chi connectivity index (χ0v) is 13.5. The Bertz CT molecular complexity index is 419. The lowest BCUT2D eigenvalue weighted by Gasteiger charge is -2.28. The van der Waals surface area contributed by atoms with E-state index in [0.717, 1.165) is 32.1 Å². The summed E-state index contributed by atoms with van der Waals surface area (Å²) in [5, 5.41) is 9.29. The Kier molecular flexibility index (Phi) is 6.01. The van der Waals surface area contributed by atoms with Gasteiger partial charge in [-0.1, -0.05) is 40.0 Å². The molecule has 118 valence electrons. The standard InChI is InChI=1S/C14H27NO4S/c1-14(2,3)9-10-20(18,19)15-12(13(16)17)11-7-5-4-6-8-11/h11-12,15H,4-10H2,1-3H3,(H,16,17). The molecule has 1 aliphatic rings. The fourth-order valence-electron chi connectivity index (χ4n) is 2.51. The largest absolute Gasteiger partial charge is 0.480 e. The van der Waals surface area contributed by atoms with Gasteiger partial charge in [-0.15, -0.1) is 0 Å². The molecule has 0 aromatic carbocycles. The number of carbonyl (C=O) groups is 1. The lowest BCUT2D eigenvalue weighted by molar-refractivity contribution is -0.140. The minimum absolute atomic E-state index is 0.0208. The van der Waals surface area contributed by atoms with Gasteiger partial charge < -0.3 is 5.11 Å². The third kappa shape index (κ3) is 6.22. The van der Waals surface area contributed by atoms with Gasteiger partial charge in [0.25, 0.3) is 0 Å². The van der Waals surface area contributed by atoms with Crippen LogP contribution in [0.5, 0.6) is 0 Å². The van der Waals surface area contributed by atoms with Gasteiger partial charge in [-0.25, -0.2) is 13.1 Å². The van der Waals surface area contributed by atoms with Gasteiger partial charge in [-0.05, 0) is 30.6 Å². The van der Waals surface area contributed by atoms with Crippen LogP contribution in [0.2, 0.25) is 0 Å². The lowest BCUT2D eigenvalue weighted by Crippen LogP contribution is -2.47. The molecular formula is C14H27NO4S. The van der Waals surface area contributed by atoms with E-state index in [1.54, 1.807) is 0 Å². The molecule has 0 aromatic heterocycles. The third-order valence-corrected chi connectivity index (χ3v) is 5.17. The van der Waals surface area contributed by atoms with Crippen LogP contribution < -0.4 is 4.72 Å². The molecule has 0 spiro atoms. The predicted molar refractivity (Wildman–Crippen MR) is 79.0 cm³/mol. The van der Waals surface area contributed by atoms with Crippen molar-refractivity contribution in [2.75, 3.05) is 5.75 Å². The van der Waals surface area contributed by atoms with Crippen molar-refractivity contribution in [2.45, 2.75) is 65.3 Å². The molecule has 0 aliphatic heterocycles. The second-order valence-electron chi connectivity index (χ2n) is 6.96. The van der Waals surface area contributed by atoms with Gasteiger partial charge >= 0.3 is 5.97 Å². The molecular weight excluding hydrogens is 278 g/mol. The van der Waals surface area contributed by atoms with Crippen LogP contribution in [0.15, 0.2) is 0 Å². The van der Waals surface area contributed by atoms with E-state index in [1.807, 2.05) is 20.8 Å². The quantitative estimate of drug-likeness (QED) is 0.789. The number of nitrogens with one attached hydrogen (secondary N) is 1. The summed E-state index contributed by atoms with van der Waals surface area (Å²) in [5.74, 6) is -1.16. The van der Waals surface area contributed by atoms with Crippen molar-refractivity contribution in [3.8, 4) is 0 Å². The van der Waals surface area contributed by atoms with Crippen LogP contribution in [0.25, 0.3) is 0 Å². The third-order valence-electron chi connectivity index (χ3n) is 3.81. The summed E-state index contributed by atoms with van der Waals surface area (Å²) in [6.45, 7) is 5.91. The zero-order chi connectivity index (χ0) is 15.4. The van der Waals surface area contributed by atoms with E-state index in [9.17, 15) is 18.3 Å². The summed E-state index contributed by atoms with van der Waals surface area (Å²) >= 11 is 0. The number of hydrogen-bond donors (Lipinski definition) is 2. The van der Waals surface area contributed by atoms with Gasteiger partial charge in [0.15, 0.2) is 0 Å². The summed E-state index contributed by atoms with van der Waals surface area (Å²) in [7, 11) is -3.54. The molecule has 0 aromatic rings. The smallest absolute Gasteiger partial charge is 0.322 e. The minimum atomic E-state index is -3.54. The molecule has 20 heavy (non-hydrogen) atoms. The summed E-state index contributed by atoms with van der Waals surface area (Å²) in [5.41, 5.74) is -0.0850. The van der Waals surface area contributed by atoms with Crippen molar-refractivity contribution in [3.05, 3.63) is 0 Å². The van der Waals surface area contributed by atoms with Gasteiger partial charge in [0.1, 0.15) is 6.04 Å². The summed E-state index contributed by atoms with van der Waals surface area (Å²) in [6.07, 6.45) is 5.17. The Morgan fingerprint density at radius 3 is 2.25 bits per heavy atom. The molecule has 2 N–H and O–H groups in total. The molecule has 0 amide bonds. The fourth-order valence-corrected chi connectivity index (χ4v) is 4.19. The molecule has 0 heterocycles. The van der Waals surface area contributed by atoms with Crippen molar-refractivity contribution < 1.29 is 18.3 Å². The zero-order valence-electron chi connectivity index (χ0n) is 12.7. The van der Waals surface area contributed by atoms with Crippen molar-refractivity contribution in [1.82, 2.24) is 4.72 Å². The van der Waals surface area contributed by atoms with Crippen LogP contribution in [0.1, 0.15) is 59.3 Å². The van der Waals surface area contributed by atoms with Crippen molar-refractivity contribution >= 4 is 16.0 Å². The molecule has 1 rings (SSSR count). The topological polar surface area (TPSA) is 83.5 Å². The van der Waals surface area contributed by atoms with Gasteiger partial charge in [-0.3, -0.25) is 4.79 Å². The molecule has 1 fully saturated rings. The monoisotopic (exact) mass is 305 g/mol. The Labute approximate surface area is 122 Å². The number of sulfonamides is 1. The summed E-state index contributed by atoms with van der Waals surface area (Å²) < 4.78 is 26.5. The predicted octanol–water partition coefficient (Wildman–Crippen LogP) is 2.38. The Morgan fingerprint density at radius 2 is 1.80 bits per heavy atom. The van der Waals surface area contributed by atoms with E-state index in [4.69, 9.17) is 0 Å². The second kappa shape index (κ2) is 6.89. The molecule has 1 aliphatic carbocycles. The lowest BCUT2D eigenvalue weighted by atomic mass is 9.84. The number of aliphatic carboxylic acids is 1. The number of carboxylic acids is 1. The van der Waals surface area contributed by atoms with Crippen LogP contribution in [-0.2, 0) is 14.8 Å². The van der Waals surface area contributed by atoms with E-state index >= 15 is 0 Å². The SMILES string of the molecule is CC(C)(C)CCS(=O)(=O)NC(C(=O)O)C1CCCCC1. The van der Waals surface area contributed by atoms with Crippen LogP contribution >= 0.6 is 0 Å². The second-order valence-corrected chi connectivity index (χ2v) is 8.83. The normalized spacial score (nSPS) is 19.8. The molecule has 6 heteroatoms. The minimum Gasteiger partial charge on any atom is -0.480 e. The molecule has 0 bridgehead atoms. The van der Waals surface area contributed by atoms with Crippen LogP contribution in [-0.4, -0.2) is 31.3 Å². The van der Waals surface area contributed by atoms with Gasteiger partial charge in [-0.2, -0.15) is 0 Å². The summed E-state index contributed by atoms with van der Waals surface area (Å²) in [4.78, 5) is 11.4. The van der Waals surface area contributed by atoms with Crippen molar-refractivity contribution in [1.29, 1.82) is 0 Å². The first-order valence-corrected chi connectivity index (χ1v) is 8.99. The molecule has 0 radical (unpaired) electrons. The average molecular weight is 305 g/mol. The Balaban J connectivity index is 2.66. The molecule has 1 unspecified atom stereocenters. The van der Waals surface area contributed by atoms with Gasteiger partial charge in [0.05, 0.1) is 5.75 Å². The van der Waals surface area contributed by atoms with E-state index in [-0.39, 0.29) is 17.1 Å². The molecule has 0 saturated heterocycles. The van der Waals surface area contributed by atoms with E-state index in [1.165, 1.54) is 0 Å². The van der Waals surface area contributed by atoms with E-state index < -0.39 is 22.0 Å². The maximum atomic E-state index is 12.1. The van der Waals surface area contributed by atoms with Crippen LogP contribution in [0.3, 0.4) is 0 Å². The number of rotatable bonds is 6. The number of carboxylic acid groups (broad SMARTS) is 1. The highest BCUT2D eigenvalue weighted by molar-refractivity contribution is 7.89. The molecule has 1 saturated carbocycles. The maximum absolute atomic E-state index is 12.1. The van der Waals surface area contributed by atoms with Gasteiger partial charge in [0.2, 0.25) is 10.0 Å². The molecule has 1 atom stereocenters. The van der Waals surface area contributed by atoms with E-state index in [0.29, 0.717) is 6.42 Å². The summed E-state index contributed by atoms with van der Waals surface area (Å²) in [6, 6.07) is -0.972. The fraction of sp³-hybridized carbons (Fsp3) is 0.929. The first-order valence-electron chi connectivity index (χ1n) is 7.33. The van der Waals surface area contributed by atoms with Crippen LogP contribution in [0, 0.1) is 11.3 Å². The average Bonchev–Trinajstić information content (AvgIpc) is 2.34. The molecule has 5 nitrogen and oxygen atoms in total. The Morgan fingerprint density at radius 1 is 1.25 bits per heavy atom. The van der Waals surface area contributed by atoms with Crippen molar-refractivity contribution in [2.24, 2.45) is 11.3 Å².